The third-order valence-electron chi connectivity index (χ3n) is 1.76. The second kappa shape index (κ2) is 3.50. The fourth-order valence-corrected chi connectivity index (χ4v) is 1.52. The Labute approximate surface area is 86.9 Å². The van der Waals surface area contributed by atoms with Gasteiger partial charge in [0.05, 0.1) is 0 Å². The van der Waals surface area contributed by atoms with Gasteiger partial charge in [-0.1, -0.05) is 0 Å². The molecule has 0 N–H and O–H groups in total. The summed E-state index contributed by atoms with van der Waals surface area (Å²) in [5, 5.41) is 8.59. The number of hydrogen-bond donors (Lipinski definition) is 0. The standard InChI is InChI=1S/C10H10N.Sb.2H/c1-8(2)10-5-3-9(7-11)4-6-10;;;/h3-6H,1-2H3;;;. The predicted octanol–water partition coefficient (Wildman–Crippen LogP) is 1.43. The van der Waals surface area contributed by atoms with Gasteiger partial charge < -0.3 is 0 Å². The number of rotatable bonds is 1. The van der Waals surface area contributed by atoms with E-state index in [-0.39, 0.29) is 0 Å². The Balaban J connectivity index is 3.02. The Morgan fingerprint density at radius 1 is 1.25 bits per heavy atom. The van der Waals surface area contributed by atoms with E-state index in [2.05, 4.69) is 19.9 Å². The fraction of sp³-hybridized carbons (Fsp3) is 0.300. The average Bonchev–Trinajstić information content (AvgIpc) is 2.03. The maximum absolute atomic E-state index is 8.59. The van der Waals surface area contributed by atoms with Crippen LogP contribution >= 0.6 is 0 Å². The first-order valence-corrected chi connectivity index (χ1v) is 5.48. The first-order chi connectivity index (χ1) is 5.54. The van der Waals surface area contributed by atoms with E-state index in [1.54, 1.807) is 0 Å². The zero-order chi connectivity index (χ0) is 9.19. The van der Waals surface area contributed by atoms with Crippen LogP contribution in [0.15, 0.2) is 24.3 Å². The number of benzene rings is 1. The maximum atomic E-state index is 8.59. The molecule has 1 aromatic carbocycles. The van der Waals surface area contributed by atoms with Gasteiger partial charge in [0.25, 0.3) is 0 Å². The summed E-state index contributed by atoms with van der Waals surface area (Å²) in [4.78, 5) is 0. The van der Waals surface area contributed by atoms with Crippen molar-refractivity contribution >= 4 is 23.0 Å². The summed E-state index contributed by atoms with van der Waals surface area (Å²) < 4.78 is 0.305. The van der Waals surface area contributed by atoms with Crippen molar-refractivity contribution in [2.75, 3.05) is 0 Å². The van der Waals surface area contributed by atoms with Gasteiger partial charge >= 0.3 is 87.0 Å². The topological polar surface area (TPSA) is 23.8 Å². The van der Waals surface area contributed by atoms with E-state index in [9.17, 15) is 0 Å². The van der Waals surface area contributed by atoms with Crippen molar-refractivity contribution < 1.29 is 0 Å². The number of nitrogens with zero attached hydrogens (tertiary/aromatic N) is 1. The molecule has 0 aliphatic rings. The van der Waals surface area contributed by atoms with Gasteiger partial charge in [-0.2, -0.15) is 0 Å². The molecule has 12 heavy (non-hydrogen) atoms. The third-order valence-corrected chi connectivity index (χ3v) is 2.71. The van der Waals surface area contributed by atoms with Crippen LogP contribution in [0.2, 0.25) is 0 Å². The first-order valence-electron chi connectivity index (χ1n) is 3.83. The van der Waals surface area contributed by atoms with Gasteiger partial charge in [-0.3, -0.25) is 0 Å². The van der Waals surface area contributed by atoms with E-state index >= 15 is 0 Å². The number of nitriles is 1. The minimum atomic E-state index is 0.305. The zero-order valence-electron chi connectivity index (χ0n) is 7.33. The predicted molar refractivity (Wildman–Crippen MR) is 52.7 cm³/mol. The molecule has 0 atom stereocenters. The van der Waals surface area contributed by atoms with E-state index in [1.165, 1.54) is 28.6 Å². The Hall–Kier alpha value is -0.472. The van der Waals surface area contributed by atoms with Gasteiger partial charge in [0.1, 0.15) is 0 Å². The molecule has 1 rings (SSSR count). The third kappa shape index (κ3) is 2.26. The molecule has 0 aromatic heterocycles. The Morgan fingerprint density at radius 2 is 1.75 bits per heavy atom. The molecule has 0 saturated heterocycles. The van der Waals surface area contributed by atoms with Gasteiger partial charge in [-0.25, -0.2) is 0 Å². The molecule has 0 bridgehead atoms. The van der Waals surface area contributed by atoms with Crippen LogP contribution in [0.3, 0.4) is 0 Å². The van der Waals surface area contributed by atoms with Crippen molar-refractivity contribution in [2.24, 2.45) is 0 Å². The summed E-state index contributed by atoms with van der Waals surface area (Å²) in [5.74, 6) is 0. The summed E-state index contributed by atoms with van der Waals surface area (Å²) in [5.41, 5.74) is 2.06. The van der Waals surface area contributed by atoms with Crippen LogP contribution in [0.1, 0.15) is 25.0 Å². The molecule has 0 aliphatic carbocycles. The van der Waals surface area contributed by atoms with Crippen LogP contribution in [0.4, 0.5) is 0 Å². The molecule has 0 spiro atoms. The normalized spacial score (nSPS) is 10.8. The van der Waals surface area contributed by atoms with Crippen LogP contribution < -0.4 is 0 Å². The zero-order valence-corrected chi connectivity index (χ0v) is 10.6. The minimum absolute atomic E-state index is 0.305. The van der Waals surface area contributed by atoms with Crippen LogP contribution in [0, 0.1) is 11.3 Å². The van der Waals surface area contributed by atoms with Crippen LogP contribution in [-0.2, 0) is 3.36 Å². The van der Waals surface area contributed by atoms with Crippen molar-refractivity contribution in [3.05, 3.63) is 35.4 Å². The summed E-state index contributed by atoms with van der Waals surface area (Å²) in [6.07, 6.45) is 0. The van der Waals surface area contributed by atoms with Crippen molar-refractivity contribution in [1.29, 1.82) is 5.26 Å². The van der Waals surface area contributed by atoms with Gasteiger partial charge in [0.2, 0.25) is 0 Å². The van der Waals surface area contributed by atoms with E-state index in [0.29, 0.717) is 3.36 Å². The van der Waals surface area contributed by atoms with Gasteiger partial charge in [-0.15, -0.1) is 0 Å². The second-order valence-corrected chi connectivity index (χ2v) is 7.53. The molecular weight excluding hydrogens is 256 g/mol. The van der Waals surface area contributed by atoms with Crippen LogP contribution in [0.25, 0.3) is 0 Å². The molecule has 0 aliphatic heterocycles. The van der Waals surface area contributed by atoms with Crippen molar-refractivity contribution in [2.45, 2.75) is 17.2 Å². The van der Waals surface area contributed by atoms with Crippen LogP contribution in [-0.4, -0.2) is 23.0 Å². The summed E-state index contributed by atoms with van der Waals surface area (Å²) in [6.45, 7) is 4.44. The Kier molecular flexibility index (Phi) is 2.80. The summed E-state index contributed by atoms with van der Waals surface area (Å²) in [6, 6.07) is 9.97. The molecule has 0 unspecified atom stereocenters. The molecule has 0 fully saturated rings. The molecule has 0 heterocycles. The quantitative estimate of drug-likeness (QED) is 0.707. The molecule has 62 valence electrons. The molecule has 1 aromatic rings. The Morgan fingerprint density at radius 3 is 2.08 bits per heavy atom. The molecular formula is C10H12NSb. The van der Waals surface area contributed by atoms with E-state index < -0.39 is 0 Å². The summed E-state index contributed by atoms with van der Waals surface area (Å²) in [7, 11) is 0. The fourth-order valence-electron chi connectivity index (χ4n) is 0.974. The van der Waals surface area contributed by atoms with Crippen molar-refractivity contribution in [1.82, 2.24) is 0 Å². The van der Waals surface area contributed by atoms with E-state index in [0.717, 1.165) is 5.56 Å². The molecule has 1 nitrogen and oxygen atoms in total. The summed E-state index contributed by atoms with van der Waals surface area (Å²) >= 11 is 1.20. The van der Waals surface area contributed by atoms with Gasteiger partial charge in [-0.05, 0) is 0 Å². The van der Waals surface area contributed by atoms with Crippen molar-refractivity contribution in [3.8, 4) is 6.07 Å². The molecule has 2 heteroatoms. The molecule has 0 amide bonds. The Bertz CT molecular complexity index is 300. The van der Waals surface area contributed by atoms with E-state index in [1.807, 2.05) is 24.3 Å². The molecule has 0 saturated carbocycles. The van der Waals surface area contributed by atoms with Crippen molar-refractivity contribution in [3.63, 3.8) is 0 Å². The van der Waals surface area contributed by atoms with Gasteiger partial charge in [0.15, 0.2) is 0 Å². The average molecular weight is 268 g/mol. The number of hydrogen-bond acceptors (Lipinski definition) is 1. The van der Waals surface area contributed by atoms with E-state index in [4.69, 9.17) is 5.26 Å². The SMILES string of the molecule is C[C](C)([SbH2])c1ccc(C#N)cc1. The van der Waals surface area contributed by atoms with Gasteiger partial charge in [0, 0.05) is 0 Å². The monoisotopic (exact) mass is 267 g/mol. The molecule has 0 radical (unpaired) electrons. The first kappa shape index (κ1) is 9.61. The second-order valence-electron chi connectivity index (χ2n) is 3.41. The van der Waals surface area contributed by atoms with Crippen LogP contribution in [0.5, 0.6) is 0 Å².